The van der Waals surface area contributed by atoms with Crippen LogP contribution < -0.4 is 0 Å². The van der Waals surface area contributed by atoms with E-state index in [9.17, 15) is 4.79 Å². The summed E-state index contributed by atoms with van der Waals surface area (Å²) in [6, 6.07) is 5.83. The van der Waals surface area contributed by atoms with Gasteiger partial charge in [0.1, 0.15) is 0 Å². The van der Waals surface area contributed by atoms with Crippen molar-refractivity contribution in [1.82, 2.24) is 9.80 Å². The van der Waals surface area contributed by atoms with Crippen LogP contribution in [-0.2, 0) is 0 Å². The van der Waals surface area contributed by atoms with Crippen LogP contribution in [0.2, 0.25) is 5.02 Å². The summed E-state index contributed by atoms with van der Waals surface area (Å²) in [7, 11) is 4.13. The van der Waals surface area contributed by atoms with Crippen molar-refractivity contribution in [2.45, 2.75) is 26.3 Å². The lowest BCUT2D eigenvalue weighted by molar-refractivity contribution is 0.0949. The number of rotatable bonds is 8. The van der Waals surface area contributed by atoms with Gasteiger partial charge in [0.15, 0.2) is 5.78 Å². The number of nitrogens with zero attached hydrogens (tertiary/aromatic N) is 2. The van der Waals surface area contributed by atoms with E-state index in [1.165, 1.54) is 0 Å². The second kappa shape index (κ2) is 8.89. The molecule has 1 unspecified atom stereocenters. The zero-order valence-electron chi connectivity index (χ0n) is 13.2. The molecular weight excluding hydrogens is 352 g/mol. The maximum Gasteiger partial charge on any atom is 0.165 e. The van der Waals surface area contributed by atoms with Gasteiger partial charge in [-0.05, 0) is 45.8 Å². The fourth-order valence-corrected chi connectivity index (χ4v) is 3.21. The van der Waals surface area contributed by atoms with Crippen molar-refractivity contribution in [3.05, 3.63) is 33.3 Å². The van der Waals surface area contributed by atoms with E-state index in [1.807, 2.05) is 6.07 Å². The van der Waals surface area contributed by atoms with Crippen molar-refractivity contribution in [2.24, 2.45) is 0 Å². The van der Waals surface area contributed by atoms with Crippen molar-refractivity contribution in [2.75, 3.05) is 33.7 Å². The van der Waals surface area contributed by atoms with Crippen LogP contribution in [-0.4, -0.2) is 55.4 Å². The lowest BCUT2D eigenvalue weighted by Crippen LogP contribution is -2.41. The average molecular weight is 376 g/mol. The quantitative estimate of drug-likeness (QED) is 0.643. The maximum atomic E-state index is 12.3. The highest BCUT2D eigenvalue weighted by Gasteiger charge is 2.16. The smallest absolute Gasteiger partial charge is 0.165 e. The highest BCUT2D eigenvalue weighted by molar-refractivity contribution is 9.10. The predicted octanol–water partition coefficient (Wildman–Crippen LogP) is 3.95. The Kier molecular flexibility index (Phi) is 7.88. The first kappa shape index (κ1) is 18.6. The molecule has 0 aromatic heterocycles. The molecule has 1 rings (SSSR count). The summed E-state index contributed by atoms with van der Waals surface area (Å²) in [4.78, 5) is 16.8. The molecule has 1 aromatic carbocycles. The second-order valence-corrected chi connectivity index (χ2v) is 6.86. The van der Waals surface area contributed by atoms with Gasteiger partial charge in [0.05, 0.1) is 5.02 Å². The highest BCUT2D eigenvalue weighted by Crippen LogP contribution is 2.22. The number of hydrogen-bond donors (Lipinski definition) is 0. The summed E-state index contributed by atoms with van der Waals surface area (Å²) in [6.07, 6.45) is 0.493. The van der Waals surface area contributed by atoms with Gasteiger partial charge in [0.25, 0.3) is 0 Å². The van der Waals surface area contributed by atoms with E-state index in [2.05, 4.69) is 53.7 Å². The van der Waals surface area contributed by atoms with Crippen LogP contribution in [0.5, 0.6) is 0 Å². The minimum Gasteiger partial charge on any atom is -0.308 e. The second-order valence-electron chi connectivity index (χ2n) is 5.54. The van der Waals surface area contributed by atoms with E-state index < -0.39 is 0 Å². The predicted molar refractivity (Wildman–Crippen MR) is 93.4 cm³/mol. The molecule has 118 valence electrons. The van der Waals surface area contributed by atoms with Gasteiger partial charge in [-0.15, -0.1) is 0 Å². The molecule has 3 nitrogen and oxygen atoms in total. The van der Waals surface area contributed by atoms with Gasteiger partial charge >= 0.3 is 0 Å². The fraction of sp³-hybridized carbons (Fsp3) is 0.562. The van der Waals surface area contributed by atoms with Crippen LogP contribution in [0.25, 0.3) is 0 Å². The number of likely N-dealkylation sites (N-methyl/N-ethyl adjacent to an activating group) is 2. The molecule has 0 saturated carbocycles. The van der Waals surface area contributed by atoms with Crippen molar-refractivity contribution < 1.29 is 4.79 Å². The van der Waals surface area contributed by atoms with Crippen LogP contribution in [0.3, 0.4) is 0 Å². The monoisotopic (exact) mass is 374 g/mol. The summed E-state index contributed by atoms with van der Waals surface area (Å²) in [5.41, 5.74) is 0.608. The van der Waals surface area contributed by atoms with Gasteiger partial charge in [0, 0.05) is 35.6 Å². The molecular formula is C16H24BrClN2O. The van der Waals surface area contributed by atoms with E-state index in [0.717, 1.165) is 24.1 Å². The number of ketones is 1. The van der Waals surface area contributed by atoms with Crippen LogP contribution in [0, 0.1) is 0 Å². The summed E-state index contributed by atoms with van der Waals surface area (Å²) in [5, 5.41) is 0.513. The fourth-order valence-electron chi connectivity index (χ4n) is 2.43. The Morgan fingerprint density at radius 3 is 2.57 bits per heavy atom. The molecule has 0 bridgehead atoms. The number of hydrogen-bond acceptors (Lipinski definition) is 3. The van der Waals surface area contributed by atoms with E-state index in [-0.39, 0.29) is 5.78 Å². The van der Waals surface area contributed by atoms with Gasteiger partial charge in [-0.1, -0.05) is 34.5 Å². The van der Waals surface area contributed by atoms with Crippen molar-refractivity contribution >= 4 is 33.3 Å². The molecule has 0 aliphatic carbocycles. The average Bonchev–Trinajstić information content (AvgIpc) is 2.38. The highest BCUT2D eigenvalue weighted by atomic mass is 79.9. The summed E-state index contributed by atoms with van der Waals surface area (Å²) in [6.45, 7) is 7.01. The largest absolute Gasteiger partial charge is 0.308 e. The first-order valence-electron chi connectivity index (χ1n) is 7.22. The van der Waals surface area contributed by atoms with Crippen LogP contribution in [0.1, 0.15) is 30.6 Å². The summed E-state index contributed by atoms with van der Waals surface area (Å²) in [5.74, 6) is 0.100. The zero-order chi connectivity index (χ0) is 16.0. The standard InChI is InChI=1S/C16H24BrClN2O/c1-5-20(12(2)11-19(3)4)9-8-16(21)14-7-6-13(17)10-15(14)18/h6-7,10,12H,5,8-9,11H2,1-4H3. The SMILES string of the molecule is CCN(CCC(=O)c1ccc(Br)cc1Cl)C(C)CN(C)C. The number of Topliss-reactive ketones (excluding diaryl/α,β-unsaturated/α-hetero) is 1. The molecule has 0 aliphatic heterocycles. The molecule has 1 atom stereocenters. The van der Waals surface area contributed by atoms with E-state index in [0.29, 0.717) is 23.0 Å². The van der Waals surface area contributed by atoms with Gasteiger partial charge < -0.3 is 4.90 Å². The van der Waals surface area contributed by atoms with E-state index >= 15 is 0 Å². The zero-order valence-corrected chi connectivity index (χ0v) is 15.5. The van der Waals surface area contributed by atoms with Gasteiger partial charge in [-0.2, -0.15) is 0 Å². The Bertz CT molecular complexity index is 479. The van der Waals surface area contributed by atoms with Crippen molar-refractivity contribution in [1.29, 1.82) is 0 Å². The number of carbonyl (C=O) groups excluding carboxylic acids is 1. The van der Waals surface area contributed by atoms with Crippen LogP contribution >= 0.6 is 27.5 Å². The van der Waals surface area contributed by atoms with Crippen molar-refractivity contribution in [3.63, 3.8) is 0 Å². The Morgan fingerprint density at radius 2 is 2.05 bits per heavy atom. The third kappa shape index (κ3) is 6.07. The molecule has 0 heterocycles. The Balaban J connectivity index is 2.61. The molecule has 21 heavy (non-hydrogen) atoms. The first-order valence-corrected chi connectivity index (χ1v) is 8.39. The summed E-state index contributed by atoms with van der Waals surface area (Å²) >= 11 is 9.49. The Morgan fingerprint density at radius 1 is 1.38 bits per heavy atom. The van der Waals surface area contributed by atoms with Gasteiger partial charge in [-0.25, -0.2) is 0 Å². The third-order valence-electron chi connectivity index (χ3n) is 3.52. The molecule has 0 amide bonds. The maximum absolute atomic E-state index is 12.3. The number of benzene rings is 1. The summed E-state index contributed by atoms with van der Waals surface area (Å²) < 4.78 is 0.888. The van der Waals surface area contributed by atoms with Crippen molar-refractivity contribution in [3.8, 4) is 0 Å². The number of halogens is 2. The molecule has 0 radical (unpaired) electrons. The molecule has 5 heteroatoms. The van der Waals surface area contributed by atoms with E-state index in [1.54, 1.807) is 12.1 Å². The molecule has 0 N–H and O–H groups in total. The Hall–Kier alpha value is -0.420. The number of carbonyl (C=O) groups is 1. The lowest BCUT2D eigenvalue weighted by atomic mass is 10.1. The normalized spacial score (nSPS) is 13.0. The van der Waals surface area contributed by atoms with Gasteiger partial charge in [0.2, 0.25) is 0 Å². The molecule has 0 saturated heterocycles. The molecule has 1 aromatic rings. The third-order valence-corrected chi connectivity index (χ3v) is 4.32. The lowest BCUT2D eigenvalue weighted by Gasteiger charge is -2.29. The minimum atomic E-state index is 0.100. The van der Waals surface area contributed by atoms with Crippen LogP contribution in [0.15, 0.2) is 22.7 Å². The van der Waals surface area contributed by atoms with Gasteiger partial charge in [-0.3, -0.25) is 9.69 Å². The van der Waals surface area contributed by atoms with E-state index in [4.69, 9.17) is 11.6 Å². The molecule has 0 fully saturated rings. The molecule has 0 spiro atoms. The first-order chi connectivity index (χ1) is 9.85. The topological polar surface area (TPSA) is 23.6 Å². The van der Waals surface area contributed by atoms with Crippen LogP contribution in [0.4, 0.5) is 0 Å². The molecule has 0 aliphatic rings. The minimum absolute atomic E-state index is 0.100. The Labute approximate surface area is 141 Å².